The molecule has 2 aliphatic rings. The van der Waals surface area contributed by atoms with E-state index in [0.717, 1.165) is 19.3 Å². The predicted molar refractivity (Wildman–Crippen MR) is 137 cm³/mol. The van der Waals surface area contributed by atoms with Crippen LogP contribution in [0.25, 0.3) is 0 Å². The molecule has 3 amide bonds. The number of carbonyl (C=O) groups excluding carboxylic acids is 4. The first-order valence-electron chi connectivity index (χ1n) is 13.3. The van der Waals surface area contributed by atoms with Crippen LogP contribution < -0.4 is 16.8 Å². The molecule has 34 heavy (non-hydrogen) atoms. The summed E-state index contributed by atoms with van der Waals surface area (Å²) in [6.07, 6.45) is 12.9. The lowest BCUT2D eigenvalue weighted by Gasteiger charge is -2.33. The van der Waals surface area contributed by atoms with Crippen molar-refractivity contribution < 1.29 is 19.2 Å². The lowest BCUT2D eigenvalue weighted by atomic mass is 9.80. The topological polar surface area (TPSA) is 136 Å². The van der Waals surface area contributed by atoms with Crippen LogP contribution in [0.5, 0.6) is 0 Å². The van der Waals surface area contributed by atoms with Crippen molar-refractivity contribution in [2.45, 2.75) is 117 Å². The van der Waals surface area contributed by atoms with Gasteiger partial charge in [0.1, 0.15) is 6.04 Å². The molecule has 0 aromatic carbocycles. The third kappa shape index (κ3) is 12.0. The highest BCUT2D eigenvalue weighted by atomic mass is 16.2. The number of hydrogen-bond acceptors (Lipinski definition) is 5. The number of rotatable bonds is 11. The van der Waals surface area contributed by atoms with Crippen LogP contribution in [-0.4, -0.2) is 53.6 Å². The molecule has 2 rings (SSSR count). The number of ketones is 1. The Bertz CT molecular complexity index is 604. The average molecular weight is 483 g/mol. The van der Waals surface area contributed by atoms with Crippen LogP contribution in [-0.2, 0) is 19.2 Å². The van der Waals surface area contributed by atoms with Gasteiger partial charge in [-0.05, 0) is 31.6 Å². The van der Waals surface area contributed by atoms with Crippen molar-refractivity contribution in [2.24, 2.45) is 23.3 Å². The number of Topliss-reactive ketones (excluding diaryl/α,β-unsaturated/α-hetero) is 1. The number of nitrogens with zero attached hydrogens (tertiary/aromatic N) is 1. The normalized spacial score (nSPS) is 17.0. The summed E-state index contributed by atoms with van der Waals surface area (Å²) in [5, 5.41) is 2.67. The minimum atomic E-state index is -1.06. The molecule has 0 aromatic heterocycles. The maximum atomic E-state index is 12.9. The lowest BCUT2D eigenvalue weighted by molar-refractivity contribution is -0.142. The van der Waals surface area contributed by atoms with E-state index in [1.54, 1.807) is 6.92 Å². The molecule has 5 N–H and O–H groups in total. The van der Waals surface area contributed by atoms with Gasteiger partial charge in [0.15, 0.2) is 0 Å². The molecule has 0 aromatic rings. The van der Waals surface area contributed by atoms with Gasteiger partial charge < -0.3 is 21.7 Å². The van der Waals surface area contributed by atoms with Crippen LogP contribution in [0, 0.1) is 11.8 Å². The fourth-order valence-electron chi connectivity index (χ4n) is 4.30. The number of carbonyl (C=O) groups is 4. The Morgan fingerprint density at radius 1 is 0.941 bits per heavy atom. The molecule has 0 aliphatic heterocycles. The number of nitrogens with two attached hydrogens (primary N) is 2. The zero-order valence-electron chi connectivity index (χ0n) is 22.2. The van der Waals surface area contributed by atoms with Crippen molar-refractivity contribution in [1.82, 2.24) is 10.2 Å². The zero-order chi connectivity index (χ0) is 26.1. The Labute approximate surface area is 206 Å². The second kappa shape index (κ2) is 18.4. The van der Waals surface area contributed by atoms with Gasteiger partial charge in [0, 0.05) is 6.54 Å². The van der Waals surface area contributed by atoms with E-state index >= 15 is 0 Å². The van der Waals surface area contributed by atoms with E-state index in [9.17, 15) is 19.2 Å². The smallest absolute Gasteiger partial charge is 0.287 e. The van der Waals surface area contributed by atoms with Crippen LogP contribution in [0.1, 0.15) is 105 Å². The number of likely N-dealkylation sites (N-methyl/N-ethyl adjacent to an activating group) is 1. The molecule has 0 bridgehead atoms. The molecular formula is C26H50N4O4. The number of hydrogen-bond donors (Lipinski definition) is 3. The average Bonchev–Trinajstić information content (AvgIpc) is 2.82. The SMILES string of the molecule is C1CCCCC1.CC.CCN(C(=O)CN)C(CC(C)C)C(=O)NC(CC1CCC1)C(=O)C(N)=O. The minimum absolute atomic E-state index is 0.155. The van der Waals surface area contributed by atoms with Gasteiger partial charge in [-0.3, -0.25) is 19.2 Å². The largest absolute Gasteiger partial charge is 0.363 e. The molecule has 8 nitrogen and oxygen atoms in total. The fraction of sp³-hybridized carbons (Fsp3) is 0.846. The second-order valence-electron chi connectivity index (χ2n) is 9.47. The molecule has 2 aliphatic carbocycles. The van der Waals surface area contributed by atoms with Gasteiger partial charge in [-0.15, -0.1) is 0 Å². The summed E-state index contributed by atoms with van der Waals surface area (Å²) in [6, 6.07) is -1.67. The van der Waals surface area contributed by atoms with Gasteiger partial charge in [-0.1, -0.05) is 85.5 Å². The lowest BCUT2D eigenvalue weighted by Crippen LogP contribution is -2.56. The summed E-state index contributed by atoms with van der Waals surface area (Å²) in [4.78, 5) is 49.9. The van der Waals surface area contributed by atoms with Gasteiger partial charge >= 0.3 is 0 Å². The molecule has 0 saturated heterocycles. The molecule has 198 valence electrons. The van der Waals surface area contributed by atoms with Crippen molar-refractivity contribution in [3.05, 3.63) is 0 Å². The van der Waals surface area contributed by atoms with Crippen molar-refractivity contribution in [1.29, 1.82) is 0 Å². The van der Waals surface area contributed by atoms with Crippen LogP contribution in [0.3, 0.4) is 0 Å². The Hall–Kier alpha value is -1.96. The highest BCUT2D eigenvalue weighted by Gasteiger charge is 2.34. The van der Waals surface area contributed by atoms with Gasteiger partial charge in [0.25, 0.3) is 5.91 Å². The maximum absolute atomic E-state index is 12.9. The van der Waals surface area contributed by atoms with Gasteiger partial charge in [-0.25, -0.2) is 0 Å². The first-order chi connectivity index (χ1) is 16.2. The summed E-state index contributed by atoms with van der Waals surface area (Å²) in [7, 11) is 0. The minimum Gasteiger partial charge on any atom is -0.363 e. The molecule has 0 spiro atoms. The highest BCUT2D eigenvalue weighted by molar-refractivity contribution is 6.37. The Morgan fingerprint density at radius 3 is 1.76 bits per heavy atom. The summed E-state index contributed by atoms with van der Waals surface area (Å²) in [6.45, 7) is 9.80. The summed E-state index contributed by atoms with van der Waals surface area (Å²) >= 11 is 0. The summed E-state index contributed by atoms with van der Waals surface area (Å²) in [5.74, 6) is -2.16. The molecule has 8 heteroatoms. The Morgan fingerprint density at radius 2 is 1.44 bits per heavy atom. The number of primary amides is 1. The van der Waals surface area contributed by atoms with Crippen LogP contribution >= 0.6 is 0 Å². The van der Waals surface area contributed by atoms with Crippen LogP contribution in [0.15, 0.2) is 0 Å². The number of nitrogens with one attached hydrogen (secondary N) is 1. The quantitative estimate of drug-likeness (QED) is 0.388. The third-order valence-corrected chi connectivity index (χ3v) is 6.38. The van der Waals surface area contributed by atoms with Crippen molar-refractivity contribution in [3.8, 4) is 0 Å². The van der Waals surface area contributed by atoms with E-state index in [1.165, 1.54) is 43.4 Å². The predicted octanol–water partition coefficient (Wildman–Crippen LogP) is 3.30. The van der Waals surface area contributed by atoms with Crippen LogP contribution in [0.4, 0.5) is 0 Å². The van der Waals surface area contributed by atoms with E-state index in [-0.39, 0.29) is 18.4 Å². The Kier molecular flexibility index (Phi) is 17.3. The molecule has 2 fully saturated rings. The Balaban J connectivity index is 0.00000115. The van der Waals surface area contributed by atoms with Crippen molar-refractivity contribution >= 4 is 23.5 Å². The van der Waals surface area contributed by atoms with Crippen molar-refractivity contribution in [3.63, 3.8) is 0 Å². The third-order valence-electron chi connectivity index (χ3n) is 6.38. The van der Waals surface area contributed by atoms with Gasteiger partial charge in [-0.2, -0.15) is 0 Å². The van der Waals surface area contributed by atoms with E-state index in [1.807, 2.05) is 27.7 Å². The zero-order valence-corrected chi connectivity index (χ0v) is 22.2. The maximum Gasteiger partial charge on any atom is 0.287 e. The molecule has 2 atom stereocenters. The summed E-state index contributed by atoms with van der Waals surface area (Å²) in [5.41, 5.74) is 10.6. The molecule has 2 unspecified atom stereocenters. The monoisotopic (exact) mass is 482 g/mol. The number of amides is 3. The van der Waals surface area contributed by atoms with E-state index in [0.29, 0.717) is 25.3 Å². The van der Waals surface area contributed by atoms with Crippen molar-refractivity contribution in [2.75, 3.05) is 13.1 Å². The van der Waals surface area contributed by atoms with Gasteiger partial charge in [0.05, 0.1) is 12.6 Å². The first-order valence-corrected chi connectivity index (χ1v) is 13.3. The molecule has 0 heterocycles. The molecular weight excluding hydrogens is 432 g/mol. The van der Waals surface area contributed by atoms with E-state index in [4.69, 9.17) is 11.5 Å². The fourth-order valence-corrected chi connectivity index (χ4v) is 4.30. The molecule has 0 radical (unpaired) electrons. The second-order valence-corrected chi connectivity index (χ2v) is 9.47. The summed E-state index contributed by atoms with van der Waals surface area (Å²) < 4.78 is 0. The molecule has 2 saturated carbocycles. The van der Waals surface area contributed by atoms with E-state index < -0.39 is 29.7 Å². The highest BCUT2D eigenvalue weighted by Crippen LogP contribution is 2.30. The van der Waals surface area contributed by atoms with Crippen LogP contribution in [0.2, 0.25) is 0 Å². The standard InChI is InChI=1S/C18H32N4O4.C6H12.C2H6/c1-4-22(15(23)10-19)14(8-11(2)3)18(26)21-13(16(24)17(20)25)9-12-6-5-7-12;1-2-4-6-5-3-1;1-2/h11-14H,4-10,19H2,1-3H3,(H2,20,25)(H,21,26);1-6H2;1-2H3. The van der Waals surface area contributed by atoms with Gasteiger partial charge in [0.2, 0.25) is 17.6 Å². The first kappa shape index (κ1) is 32.0. The van der Waals surface area contributed by atoms with E-state index in [2.05, 4.69) is 5.32 Å².